The highest BCUT2D eigenvalue weighted by atomic mass is 16.6. The average Bonchev–Trinajstić information content (AvgIpc) is 3.36. The standard InChI is InChI=1S/C21H31NO3/c1-21(2,3)25-20(23)22(12-9-16-10-13-24-14-11-16)19-15-18(19)17-7-5-4-6-8-17/h4-8,16,18-19H,9-15H2,1-3H3/t18-,19+/m0/s1. The van der Waals surface area contributed by atoms with Crippen molar-refractivity contribution in [1.82, 2.24) is 4.90 Å². The summed E-state index contributed by atoms with van der Waals surface area (Å²) >= 11 is 0. The lowest BCUT2D eigenvalue weighted by Gasteiger charge is -2.30. The lowest BCUT2D eigenvalue weighted by molar-refractivity contribution is 0.0190. The number of benzene rings is 1. The van der Waals surface area contributed by atoms with E-state index in [1.165, 1.54) is 5.56 Å². The van der Waals surface area contributed by atoms with E-state index >= 15 is 0 Å². The van der Waals surface area contributed by atoms with Crippen LogP contribution in [0.15, 0.2) is 30.3 Å². The van der Waals surface area contributed by atoms with E-state index in [9.17, 15) is 4.79 Å². The van der Waals surface area contributed by atoms with Crippen molar-refractivity contribution in [1.29, 1.82) is 0 Å². The maximum absolute atomic E-state index is 12.8. The minimum absolute atomic E-state index is 0.164. The summed E-state index contributed by atoms with van der Waals surface area (Å²) in [5, 5.41) is 0. The Kier molecular flexibility index (Phi) is 5.67. The topological polar surface area (TPSA) is 38.8 Å². The van der Waals surface area contributed by atoms with Gasteiger partial charge in [0, 0.05) is 31.7 Å². The van der Waals surface area contributed by atoms with Gasteiger partial charge in [0.2, 0.25) is 0 Å². The van der Waals surface area contributed by atoms with Crippen molar-refractivity contribution >= 4 is 6.09 Å². The smallest absolute Gasteiger partial charge is 0.410 e. The van der Waals surface area contributed by atoms with E-state index in [1.807, 2.05) is 31.7 Å². The monoisotopic (exact) mass is 345 g/mol. The summed E-state index contributed by atoms with van der Waals surface area (Å²) in [6.45, 7) is 8.29. The van der Waals surface area contributed by atoms with Crippen LogP contribution < -0.4 is 0 Å². The molecule has 1 heterocycles. The highest BCUT2D eigenvalue weighted by molar-refractivity contribution is 5.69. The molecule has 3 rings (SSSR count). The zero-order chi connectivity index (χ0) is 17.9. The molecule has 0 bridgehead atoms. The van der Waals surface area contributed by atoms with Crippen molar-refractivity contribution in [3.05, 3.63) is 35.9 Å². The predicted octanol–water partition coefficient (Wildman–Crippen LogP) is 4.60. The minimum Gasteiger partial charge on any atom is -0.444 e. The zero-order valence-electron chi connectivity index (χ0n) is 15.7. The molecule has 1 aromatic carbocycles. The Morgan fingerprint density at radius 1 is 1.20 bits per heavy atom. The van der Waals surface area contributed by atoms with Crippen LogP contribution in [0.3, 0.4) is 0 Å². The Bertz CT molecular complexity index is 560. The third-order valence-electron chi connectivity index (χ3n) is 5.13. The van der Waals surface area contributed by atoms with Crippen molar-refractivity contribution in [3.8, 4) is 0 Å². The van der Waals surface area contributed by atoms with E-state index in [0.29, 0.717) is 11.8 Å². The fourth-order valence-electron chi connectivity index (χ4n) is 3.65. The van der Waals surface area contributed by atoms with Gasteiger partial charge in [0.1, 0.15) is 5.60 Å². The molecule has 0 N–H and O–H groups in total. The first kappa shape index (κ1) is 18.2. The largest absolute Gasteiger partial charge is 0.444 e. The third kappa shape index (κ3) is 5.21. The van der Waals surface area contributed by atoms with Gasteiger partial charge < -0.3 is 14.4 Å². The normalized spacial score (nSPS) is 24.0. The van der Waals surface area contributed by atoms with Crippen LogP contribution >= 0.6 is 0 Å². The molecule has 0 radical (unpaired) electrons. The Morgan fingerprint density at radius 2 is 1.88 bits per heavy atom. The lowest BCUT2D eigenvalue weighted by Crippen LogP contribution is -2.40. The second-order valence-corrected chi connectivity index (χ2v) is 8.34. The van der Waals surface area contributed by atoms with Gasteiger partial charge in [-0.2, -0.15) is 0 Å². The predicted molar refractivity (Wildman–Crippen MR) is 98.7 cm³/mol. The van der Waals surface area contributed by atoms with Crippen molar-refractivity contribution in [2.75, 3.05) is 19.8 Å². The minimum atomic E-state index is -0.453. The van der Waals surface area contributed by atoms with Crippen molar-refractivity contribution in [2.45, 2.75) is 64.0 Å². The van der Waals surface area contributed by atoms with E-state index in [0.717, 1.165) is 45.4 Å². The van der Waals surface area contributed by atoms with Crippen molar-refractivity contribution in [2.24, 2.45) is 5.92 Å². The van der Waals surface area contributed by atoms with Crippen LogP contribution in [-0.4, -0.2) is 42.4 Å². The van der Waals surface area contributed by atoms with Crippen molar-refractivity contribution < 1.29 is 14.3 Å². The molecular weight excluding hydrogens is 314 g/mol. The molecule has 1 aliphatic heterocycles. The molecule has 1 saturated carbocycles. The van der Waals surface area contributed by atoms with Crippen LogP contribution in [0.25, 0.3) is 0 Å². The van der Waals surface area contributed by atoms with Gasteiger partial charge in [0.05, 0.1) is 0 Å². The van der Waals surface area contributed by atoms with E-state index < -0.39 is 5.60 Å². The van der Waals surface area contributed by atoms with Gasteiger partial charge >= 0.3 is 6.09 Å². The van der Waals surface area contributed by atoms with Gasteiger partial charge in [-0.05, 0) is 57.9 Å². The fraction of sp³-hybridized carbons (Fsp3) is 0.667. The molecular formula is C21H31NO3. The molecule has 0 unspecified atom stereocenters. The number of carbonyl (C=O) groups excluding carboxylic acids is 1. The highest BCUT2D eigenvalue weighted by Crippen LogP contribution is 2.45. The van der Waals surface area contributed by atoms with Crippen LogP contribution in [0, 0.1) is 5.92 Å². The van der Waals surface area contributed by atoms with Crippen LogP contribution in [0.5, 0.6) is 0 Å². The third-order valence-corrected chi connectivity index (χ3v) is 5.13. The number of nitrogens with zero attached hydrogens (tertiary/aromatic N) is 1. The molecule has 138 valence electrons. The average molecular weight is 345 g/mol. The number of ether oxygens (including phenoxy) is 2. The molecule has 0 spiro atoms. The van der Waals surface area contributed by atoms with Gasteiger partial charge in [-0.3, -0.25) is 0 Å². The zero-order valence-corrected chi connectivity index (χ0v) is 15.7. The summed E-state index contributed by atoms with van der Waals surface area (Å²) in [5.74, 6) is 1.11. The van der Waals surface area contributed by atoms with Gasteiger partial charge in [0.15, 0.2) is 0 Å². The maximum Gasteiger partial charge on any atom is 0.410 e. The van der Waals surface area contributed by atoms with Gasteiger partial charge in [0.25, 0.3) is 0 Å². The SMILES string of the molecule is CC(C)(C)OC(=O)N(CCC1CCOCC1)[C@@H]1C[C@H]1c1ccccc1. The van der Waals surface area contributed by atoms with E-state index in [2.05, 4.69) is 24.3 Å². The Morgan fingerprint density at radius 3 is 2.52 bits per heavy atom. The first-order chi connectivity index (χ1) is 11.9. The first-order valence-electron chi connectivity index (χ1n) is 9.56. The van der Waals surface area contributed by atoms with Crippen LogP contribution in [0.1, 0.15) is 57.9 Å². The summed E-state index contributed by atoms with van der Waals surface area (Å²) in [6.07, 6.45) is 4.13. The molecule has 4 heteroatoms. The molecule has 25 heavy (non-hydrogen) atoms. The van der Waals surface area contributed by atoms with E-state index in [-0.39, 0.29) is 12.1 Å². The molecule has 4 nitrogen and oxygen atoms in total. The molecule has 1 aromatic rings. The molecule has 1 saturated heterocycles. The molecule has 2 aliphatic rings. The molecule has 2 fully saturated rings. The fourth-order valence-corrected chi connectivity index (χ4v) is 3.65. The number of hydrogen-bond donors (Lipinski definition) is 0. The Hall–Kier alpha value is -1.55. The summed E-state index contributed by atoms with van der Waals surface area (Å²) in [7, 11) is 0. The van der Waals surface area contributed by atoms with Crippen LogP contribution in [0.4, 0.5) is 4.79 Å². The number of amides is 1. The number of carbonyl (C=O) groups is 1. The summed E-state index contributed by atoms with van der Waals surface area (Å²) in [4.78, 5) is 14.8. The molecule has 0 aromatic heterocycles. The van der Waals surface area contributed by atoms with Crippen molar-refractivity contribution in [3.63, 3.8) is 0 Å². The molecule has 1 aliphatic carbocycles. The number of rotatable bonds is 5. The Labute approximate surface area is 151 Å². The van der Waals surface area contributed by atoms with Gasteiger partial charge in [-0.1, -0.05) is 30.3 Å². The second kappa shape index (κ2) is 7.77. The second-order valence-electron chi connectivity index (χ2n) is 8.34. The quantitative estimate of drug-likeness (QED) is 0.783. The summed E-state index contributed by atoms with van der Waals surface area (Å²) in [5.41, 5.74) is 0.873. The van der Waals surface area contributed by atoms with E-state index in [1.54, 1.807) is 0 Å². The van der Waals surface area contributed by atoms with Gasteiger partial charge in [-0.25, -0.2) is 4.79 Å². The molecule has 2 atom stereocenters. The lowest BCUT2D eigenvalue weighted by atomic mass is 9.96. The van der Waals surface area contributed by atoms with E-state index in [4.69, 9.17) is 9.47 Å². The number of hydrogen-bond acceptors (Lipinski definition) is 3. The highest BCUT2D eigenvalue weighted by Gasteiger charge is 2.45. The van der Waals surface area contributed by atoms with Crippen LogP contribution in [-0.2, 0) is 9.47 Å². The summed E-state index contributed by atoms with van der Waals surface area (Å²) < 4.78 is 11.1. The molecule has 1 amide bonds. The summed E-state index contributed by atoms with van der Waals surface area (Å²) in [6, 6.07) is 10.8. The first-order valence-corrected chi connectivity index (χ1v) is 9.56. The van der Waals surface area contributed by atoms with Crippen LogP contribution in [0.2, 0.25) is 0 Å². The Balaban J connectivity index is 1.63. The maximum atomic E-state index is 12.8. The van der Waals surface area contributed by atoms with Gasteiger partial charge in [-0.15, -0.1) is 0 Å².